The molecule has 1 heterocycles. The Bertz CT molecular complexity index is 539. The lowest BCUT2D eigenvalue weighted by Crippen LogP contribution is -2.63. The number of amides is 1. The molecule has 1 amide bonds. The maximum atomic E-state index is 11.6. The summed E-state index contributed by atoms with van der Waals surface area (Å²) in [7, 11) is 0. The highest BCUT2D eigenvalue weighted by atomic mass is 79.9. The second kappa shape index (κ2) is 6.19. The molecule has 0 aliphatic carbocycles. The van der Waals surface area contributed by atoms with E-state index in [1.54, 1.807) is 6.08 Å². The van der Waals surface area contributed by atoms with Crippen molar-refractivity contribution in [1.82, 2.24) is 5.32 Å². The number of halogens is 1. The van der Waals surface area contributed by atoms with Crippen LogP contribution in [0.4, 0.5) is 0 Å². The SMILES string of the molecule is CC(O)C1C(=O)NC1OC(=O)/C=C/c1ccc(Br)cc1. The number of ether oxygens (including phenoxy) is 1. The van der Waals surface area contributed by atoms with E-state index in [-0.39, 0.29) is 5.91 Å². The monoisotopic (exact) mass is 339 g/mol. The molecule has 0 aromatic heterocycles. The number of rotatable bonds is 4. The Morgan fingerprint density at radius 1 is 1.45 bits per heavy atom. The molecule has 1 saturated heterocycles. The minimum Gasteiger partial charge on any atom is -0.438 e. The van der Waals surface area contributed by atoms with Gasteiger partial charge >= 0.3 is 5.97 Å². The molecular formula is C14H14BrNO4. The number of β-lactam (4-membered cyclic amide) rings is 1. The van der Waals surface area contributed by atoms with E-state index in [0.29, 0.717) is 0 Å². The fourth-order valence-electron chi connectivity index (χ4n) is 1.84. The third-order valence-corrected chi connectivity index (χ3v) is 3.49. The van der Waals surface area contributed by atoms with E-state index in [9.17, 15) is 14.7 Å². The van der Waals surface area contributed by atoms with Crippen molar-refractivity contribution in [2.75, 3.05) is 0 Å². The van der Waals surface area contributed by atoms with Crippen LogP contribution in [0.25, 0.3) is 6.08 Å². The summed E-state index contributed by atoms with van der Waals surface area (Å²) in [5, 5.41) is 11.8. The molecule has 0 spiro atoms. The van der Waals surface area contributed by atoms with Crippen LogP contribution in [0.5, 0.6) is 0 Å². The molecule has 6 heteroatoms. The predicted molar refractivity (Wildman–Crippen MR) is 76.4 cm³/mol. The molecule has 1 fully saturated rings. The highest BCUT2D eigenvalue weighted by Crippen LogP contribution is 2.20. The molecule has 2 N–H and O–H groups in total. The van der Waals surface area contributed by atoms with Gasteiger partial charge in [-0.05, 0) is 30.7 Å². The van der Waals surface area contributed by atoms with Crippen molar-refractivity contribution in [3.63, 3.8) is 0 Å². The third kappa shape index (κ3) is 3.46. The highest BCUT2D eigenvalue weighted by molar-refractivity contribution is 9.10. The van der Waals surface area contributed by atoms with Gasteiger partial charge in [0.1, 0.15) is 5.92 Å². The molecule has 5 nitrogen and oxygen atoms in total. The van der Waals surface area contributed by atoms with Gasteiger partial charge in [0.25, 0.3) is 0 Å². The molecule has 3 unspecified atom stereocenters. The van der Waals surface area contributed by atoms with Crippen molar-refractivity contribution < 1.29 is 19.4 Å². The highest BCUT2D eigenvalue weighted by Gasteiger charge is 2.44. The average molecular weight is 340 g/mol. The van der Waals surface area contributed by atoms with E-state index >= 15 is 0 Å². The molecule has 20 heavy (non-hydrogen) atoms. The maximum Gasteiger partial charge on any atom is 0.332 e. The van der Waals surface area contributed by atoms with E-state index in [2.05, 4.69) is 21.2 Å². The zero-order chi connectivity index (χ0) is 14.7. The Morgan fingerprint density at radius 2 is 2.10 bits per heavy atom. The van der Waals surface area contributed by atoms with Crippen molar-refractivity contribution in [2.24, 2.45) is 5.92 Å². The average Bonchev–Trinajstić information content (AvgIpc) is 2.36. The Labute approximate surface area is 124 Å². The quantitative estimate of drug-likeness (QED) is 0.494. The van der Waals surface area contributed by atoms with Crippen LogP contribution in [0, 0.1) is 5.92 Å². The van der Waals surface area contributed by atoms with Crippen molar-refractivity contribution in [2.45, 2.75) is 19.3 Å². The van der Waals surface area contributed by atoms with Crippen molar-refractivity contribution >= 4 is 33.9 Å². The predicted octanol–water partition coefficient (Wildman–Crippen LogP) is 1.46. The Hall–Kier alpha value is -1.66. The number of esters is 1. The molecule has 0 saturated carbocycles. The van der Waals surface area contributed by atoms with Gasteiger partial charge in [-0.15, -0.1) is 0 Å². The fourth-order valence-corrected chi connectivity index (χ4v) is 2.11. The van der Waals surface area contributed by atoms with Gasteiger partial charge in [0.05, 0.1) is 6.10 Å². The summed E-state index contributed by atoms with van der Waals surface area (Å²) in [6.45, 7) is 1.49. The van der Waals surface area contributed by atoms with Crippen LogP contribution in [0.2, 0.25) is 0 Å². The molecule has 1 aromatic rings. The number of carbonyl (C=O) groups is 2. The van der Waals surface area contributed by atoms with E-state index < -0.39 is 24.2 Å². The van der Waals surface area contributed by atoms with E-state index in [1.165, 1.54) is 13.0 Å². The zero-order valence-corrected chi connectivity index (χ0v) is 12.3. The first-order chi connectivity index (χ1) is 9.47. The number of hydrogen-bond donors (Lipinski definition) is 2. The number of aliphatic hydroxyl groups is 1. The topological polar surface area (TPSA) is 75.6 Å². The van der Waals surface area contributed by atoms with Crippen LogP contribution >= 0.6 is 15.9 Å². The first-order valence-corrected chi connectivity index (χ1v) is 6.89. The number of hydrogen-bond acceptors (Lipinski definition) is 4. The van der Waals surface area contributed by atoms with Gasteiger partial charge in [0.15, 0.2) is 6.23 Å². The van der Waals surface area contributed by atoms with Gasteiger partial charge in [0.2, 0.25) is 5.91 Å². The molecule has 0 bridgehead atoms. The van der Waals surface area contributed by atoms with Crippen molar-refractivity contribution in [3.8, 4) is 0 Å². The van der Waals surface area contributed by atoms with Crippen LogP contribution in [0.3, 0.4) is 0 Å². The van der Waals surface area contributed by atoms with Crippen LogP contribution in [-0.2, 0) is 14.3 Å². The first-order valence-electron chi connectivity index (χ1n) is 6.10. The summed E-state index contributed by atoms with van der Waals surface area (Å²) >= 11 is 3.32. The second-order valence-electron chi connectivity index (χ2n) is 4.52. The van der Waals surface area contributed by atoms with Gasteiger partial charge in [-0.2, -0.15) is 0 Å². The summed E-state index contributed by atoms with van der Waals surface area (Å²) in [5.74, 6) is -1.57. The normalized spacial score (nSPS) is 23.1. The van der Waals surface area contributed by atoms with Gasteiger partial charge in [-0.25, -0.2) is 4.79 Å². The van der Waals surface area contributed by atoms with Crippen LogP contribution in [0.1, 0.15) is 12.5 Å². The van der Waals surface area contributed by atoms with Gasteiger partial charge in [0, 0.05) is 10.5 Å². The number of nitrogens with one attached hydrogen (secondary N) is 1. The van der Waals surface area contributed by atoms with E-state index in [4.69, 9.17) is 4.74 Å². The third-order valence-electron chi connectivity index (χ3n) is 2.96. The number of aliphatic hydroxyl groups excluding tert-OH is 1. The standard InChI is InChI=1S/C14H14BrNO4/c1-8(17)12-13(19)16-14(12)20-11(18)7-4-9-2-5-10(15)6-3-9/h2-8,12,14,17H,1H3,(H,16,19)/b7-4+. The molecule has 106 valence electrons. The summed E-state index contributed by atoms with van der Waals surface area (Å²) < 4.78 is 6.00. The molecule has 1 aliphatic rings. The molecule has 2 rings (SSSR count). The number of carbonyl (C=O) groups excluding carboxylic acids is 2. The van der Waals surface area contributed by atoms with Crippen LogP contribution in [0.15, 0.2) is 34.8 Å². The zero-order valence-electron chi connectivity index (χ0n) is 10.7. The van der Waals surface area contributed by atoms with Crippen LogP contribution in [-0.4, -0.2) is 29.3 Å². The Kier molecular flexibility index (Phi) is 4.57. The van der Waals surface area contributed by atoms with E-state index in [1.807, 2.05) is 24.3 Å². The van der Waals surface area contributed by atoms with E-state index in [0.717, 1.165) is 10.0 Å². The minimum absolute atomic E-state index is 0.310. The first kappa shape index (κ1) is 14.7. The summed E-state index contributed by atoms with van der Waals surface area (Å²) in [6, 6.07) is 7.41. The van der Waals surface area contributed by atoms with Gasteiger partial charge < -0.3 is 15.2 Å². The number of benzene rings is 1. The Morgan fingerprint density at radius 3 is 2.65 bits per heavy atom. The fraction of sp³-hybridized carbons (Fsp3) is 0.286. The van der Waals surface area contributed by atoms with Crippen molar-refractivity contribution in [3.05, 3.63) is 40.4 Å². The van der Waals surface area contributed by atoms with Gasteiger partial charge in [-0.3, -0.25) is 4.79 Å². The molecular weight excluding hydrogens is 326 g/mol. The lowest BCUT2D eigenvalue weighted by atomic mass is 9.93. The molecule has 1 aliphatic heterocycles. The summed E-state index contributed by atoms with van der Waals surface area (Å²) in [6.07, 6.45) is 1.29. The van der Waals surface area contributed by atoms with Crippen LogP contribution < -0.4 is 5.32 Å². The maximum absolute atomic E-state index is 11.6. The smallest absolute Gasteiger partial charge is 0.332 e. The minimum atomic E-state index is -0.850. The Balaban J connectivity index is 1.90. The molecule has 0 radical (unpaired) electrons. The lowest BCUT2D eigenvalue weighted by Gasteiger charge is -2.36. The summed E-state index contributed by atoms with van der Waals surface area (Å²) in [4.78, 5) is 22.8. The molecule has 3 atom stereocenters. The summed E-state index contributed by atoms with van der Waals surface area (Å²) in [5.41, 5.74) is 0.856. The van der Waals surface area contributed by atoms with Crippen molar-refractivity contribution in [1.29, 1.82) is 0 Å². The second-order valence-corrected chi connectivity index (χ2v) is 5.43. The molecule has 1 aromatic carbocycles. The largest absolute Gasteiger partial charge is 0.438 e. The lowest BCUT2D eigenvalue weighted by molar-refractivity contribution is -0.171. The van der Waals surface area contributed by atoms with Gasteiger partial charge in [-0.1, -0.05) is 28.1 Å².